The van der Waals surface area contributed by atoms with E-state index in [0.29, 0.717) is 5.82 Å². The number of rotatable bonds is 1. The second-order valence-electron chi connectivity index (χ2n) is 3.48. The molecule has 4 nitrogen and oxygen atoms in total. The lowest BCUT2D eigenvalue weighted by molar-refractivity contribution is 0.723. The van der Waals surface area contributed by atoms with Gasteiger partial charge < -0.3 is 0 Å². The molecule has 2 aromatic rings. The van der Waals surface area contributed by atoms with Crippen molar-refractivity contribution < 1.29 is 0 Å². The van der Waals surface area contributed by atoms with Crippen LogP contribution in [0.3, 0.4) is 0 Å². The van der Waals surface area contributed by atoms with Gasteiger partial charge in [0, 0.05) is 12.6 Å². The lowest BCUT2D eigenvalue weighted by atomic mass is 10.2. The van der Waals surface area contributed by atoms with Crippen LogP contribution in [0.5, 0.6) is 0 Å². The quantitative estimate of drug-likeness (QED) is 0.659. The van der Waals surface area contributed by atoms with Crippen LogP contribution in [0.15, 0.2) is 29.1 Å². The number of aryl methyl sites for hydroxylation is 2. The highest BCUT2D eigenvalue weighted by Gasteiger charge is 2.08. The lowest BCUT2D eigenvalue weighted by Crippen LogP contribution is -2.21. The zero-order chi connectivity index (χ0) is 11.7. The van der Waals surface area contributed by atoms with Crippen LogP contribution < -0.4 is 5.69 Å². The van der Waals surface area contributed by atoms with Gasteiger partial charge in [-0.1, -0.05) is 5.92 Å². The van der Waals surface area contributed by atoms with E-state index in [-0.39, 0.29) is 5.69 Å². The maximum Gasteiger partial charge on any atom is 0.350 e. The molecule has 0 aliphatic heterocycles. The van der Waals surface area contributed by atoms with Crippen molar-refractivity contribution in [1.29, 1.82) is 0 Å². The molecule has 0 radical (unpaired) electrons. The highest BCUT2D eigenvalue weighted by Crippen LogP contribution is 2.08. The van der Waals surface area contributed by atoms with Gasteiger partial charge in [-0.3, -0.25) is 0 Å². The molecule has 0 saturated carbocycles. The maximum atomic E-state index is 11.8. The Hall–Kier alpha value is -2.28. The fraction of sp³-hybridized carbons (Fsp3) is 0.167. The minimum absolute atomic E-state index is 0.161. The number of nitrogens with zero attached hydrogens (tertiary/aromatic N) is 3. The molecule has 0 aliphatic carbocycles. The van der Waals surface area contributed by atoms with Crippen LogP contribution in [0.1, 0.15) is 11.4 Å². The highest BCUT2D eigenvalue weighted by atomic mass is 16.2. The third-order valence-electron chi connectivity index (χ3n) is 2.38. The molecule has 0 atom stereocenters. The summed E-state index contributed by atoms with van der Waals surface area (Å²) in [6, 6.07) is 7.22. The summed E-state index contributed by atoms with van der Waals surface area (Å²) in [4.78, 5) is 11.8. The first-order valence-electron chi connectivity index (χ1n) is 4.83. The van der Waals surface area contributed by atoms with E-state index in [1.807, 2.05) is 12.1 Å². The van der Waals surface area contributed by atoms with E-state index in [2.05, 4.69) is 11.0 Å². The SMILES string of the molecule is C#Cc1ccc(-n2c(C)nn(C)c2=O)cc1. The van der Waals surface area contributed by atoms with Gasteiger partial charge in [-0.15, -0.1) is 6.42 Å². The molecule has 0 unspecified atom stereocenters. The average Bonchev–Trinajstić information content (AvgIpc) is 2.54. The van der Waals surface area contributed by atoms with Crippen LogP contribution in [0, 0.1) is 19.3 Å². The Bertz CT molecular complexity index is 611. The molecule has 1 aromatic heterocycles. The molecule has 1 aromatic carbocycles. The summed E-state index contributed by atoms with van der Waals surface area (Å²) < 4.78 is 2.85. The number of aromatic nitrogens is 3. The second kappa shape index (κ2) is 3.70. The third kappa shape index (κ3) is 1.52. The van der Waals surface area contributed by atoms with Gasteiger partial charge in [0.25, 0.3) is 0 Å². The summed E-state index contributed by atoms with van der Waals surface area (Å²) in [6.45, 7) is 1.79. The molecule has 0 aliphatic rings. The van der Waals surface area contributed by atoms with Crippen molar-refractivity contribution >= 4 is 0 Å². The van der Waals surface area contributed by atoms with Gasteiger partial charge in [-0.2, -0.15) is 5.10 Å². The molecule has 4 heteroatoms. The summed E-state index contributed by atoms with van der Waals surface area (Å²) in [5, 5.41) is 4.06. The highest BCUT2D eigenvalue weighted by molar-refractivity contribution is 5.40. The molecule has 0 N–H and O–H groups in total. The van der Waals surface area contributed by atoms with Crippen LogP contribution in [-0.4, -0.2) is 14.3 Å². The molecule has 0 spiro atoms. The Labute approximate surface area is 93.1 Å². The van der Waals surface area contributed by atoms with Crippen LogP contribution in [0.4, 0.5) is 0 Å². The third-order valence-corrected chi connectivity index (χ3v) is 2.38. The first-order chi connectivity index (χ1) is 7.63. The molecular formula is C12H11N3O. The Morgan fingerprint density at radius 2 is 1.94 bits per heavy atom. The van der Waals surface area contributed by atoms with Gasteiger partial charge in [0.05, 0.1) is 5.69 Å². The second-order valence-corrected chi connectivity index (χ2v) is 3.48. The molecule has 2 rings (SSSR count). The van der Waals surface area contributed by atoms with Gasteiger partial charge >= 0.3 is 5.69 Å². The topological polar surface area (TPSA) is 39.8 Å². The van der Waals surface area contributed by atoms with E-state index in [4.69, 9.17) is 6.42 Å². The Kier molecular flexibility index (Phi) is 2.37. The van der Waals surface area contributed by atoms with Crippen molar-refractivity contribution in [2.75, 3.05) is 0 Å². The molecular weight excluding hydrogens is 202 g/mol. The fourth-order valence-electron chi connectivity index (χ4n) is 1.59. The molecule has 1 heterocycles. The summed E-state index contributed by atoms with van der Waals surface area (Å²) in [5.74, 6) is 3.19. The summed E-state index contributed by atoms with van der Waals surface area (Å²) >= 11 is 0. The normalized spacial score (nSPS) is 10.1. The standard InChI is InChI=1S/C12H11N3O/c1-4-10-5-7-11(8-6-10)15-9(2)13-14(3)12(15)16/h1,5-8H,2-3H3. The monoisotopic (exact) mass is 213 g/mol. The maximum absolute atomic E-state index is 11.8. The van der Waals surface area contributed by atoms with Gasteiger partial charge in [0.2, 0.25) is 0 Å². The van der Waals surface area contributed by atoms with Gasteiger partial charge in [-0.05, 0) is 31.2 Å². The smallest absolute Gasteiger partial charge is 0.247 e. The van der Waals surface area contributed by atoms with Crippen LogP contribution in [0.2, 0.25) is 0 Å². The van der Waals surface area contributed by atoms with E-state index < -0.39 is 0 Å². The molecule has 80 valence electrons. The van der Waals surface area contributed by atoms with E-state index in [1.165, 1.54) is 4.68 Å². The van der Waals surface area contributed by atoms with Crippen molar-refractivity contribution in [3.05, 3.63) is 46.1 Å². The first-order valence-corrected chi connectivity index (χ1v) is 4.83. The molecule has 0 bridgehead atoms. The molecule has 0 fully saturated rings. The Balaban J connectivity index is 2.60. The van der Waals surface area contributed by atoms with E-state index in [0.717, 1.165) is 11.3 Å². The van der Waals surface area contributed by atoms with Crippen molar-refractivity contribution in [3.63, 3.8) is 0 Å². The molecule has 0 amide bonds. The zero-order valence-corrected chi connectivity index (χ0v) is 9.14. The number of hydrogen-bond acceptors (Lipinski definition) is 2. The summed E-state index contributed by atoms with van der Waals surface area (Å²) in [6.07, 6.45) is 5.27. The average molecular weight is 213 g/mol. The number of benzene rings is 1. The fourth-order valence-corrected chi connectivity index (χ4v) is 1.59. The van der Waals surface area contributed by atoms with Crippen molar-refractivity contribution in [2.24, 2.45) is 7.05 Å². The summed E-state index contributed by atoms with van der Waals surface area (Å²) in [5.41, 5.74) is 1.40. The molecule has 16 heavy (non-hydrogen) atoms. The van der Waals surface area contributed by atoms with Gasteiger partial charge in [0.1, 0.15) is 5.82 Å². The number of terminal acetylenes is 1. The zero-order valence-electron chi connectivity index (χ0n) is 9.14. The van der Waals surface area contributed by atoms with Gasteiger partial charge in [-0.25, -0.2) is 14.0 Å². The van der Waals surface area contributed by atoms with Gasteiger partial charge in [0.15, 0.2) is 0 Å². The summed E-state index contributed by atoms with van der Waals surface area (Å²) in [7, 11) is 1.63. The molecule has 0 saturated heterocycles. The van der Waals surface area contributed by atoms with Crippen molar-refractivity contribution in [3.8, 4) is 18.0 Å². The Morgan fingerprint density at radius 3 is 2.38 bits per heavy atom. The van der Waals surface area contributed by atoms with Crippen LogP contribution >= 0.6 is 0 Å². The lowest BCUT2D eigenvalue weighted by Gasteiger charge is -2.02. The van der Waals surface area contributed by atoms with E-state index in [9.17, 15) is 4.79 Å². The largest absolute Gasteiger partial charge is 0.350 e. The van der Waals surface area contributed by atoms with Crippen LogP contribution in [-0.2, 0) is 7.05 Å². The minimum Gasteiger partial charge on any atom is -0.247 e. The predicted octanol–water partition coefficient (Wildman–Crippen LogP) is 0.861. The first kappa shape index (κ1) is 10.2. The predicted molar refractivity (Wildman–Crippen MR) is 61.5 cm³/mol. The Morgan fingerprint density at radius 1 is 1.31 bits per heavy atom. The van der Waals surface area contributed by atoms with Crippen molar-refractivity contribution in [2.45, 2.75) is 6.92 Å². The van der Waals surface area contributed by atoms with Crippen LogP contribution in [0.25, 0.3) is 5.69 Å². The number of hydrogen-bond donors (Lipinski definition) is 0. The van der Waals surface area contributed by atoms with Crippen molar-refractivity contribution in [1.82, 2.24) is 14.3 Å². The van der Waals surface area contributed by atoms with E-state index in [1.54, 1.807) is 30.7 Å². The van der Waals surface area contributed by atoms with E-state index >= 15 is 0 Å². The minimum atomic E-state index is -0.161.